The Kier molecular flexibility index (Phi) is 3.23. The number of nitrogens with one attached hydrogen (secondary N) is 1. The van der Waals surface area contributed by atoms with E-state index < -0.39 is 5.63 Å². The Bertz CT molecular complexity index is 870. The summed E-state index contributed by atoms with van der Waals surface area (Å²) in [6.07, 6.45) is 0. The molecule has 1 heterocycles. The van der Waals surface area contributed by atoms with Gasteiger partial charge < -0.3 is 9.73 Å². The summed E-state index contributed by atoms with van der Waals surface area (Å²) < 4.78 is 5.30. The number of hydrogen-bond donors (Lipinski definition) is 1. The van der Waals surface area contributed by atoms with Crippen LogP contribution in [-0.4, -0.2) is 10.9 Å². The molecular weight excluding hydrogens is 268 g/mol. The number of anilines is 1. The molecule has 2 aromatic carbocycles. The van der Waals surface area contributed by atoms with Crippen LogP contribution in [-0.2, 0) is 4.79 Å². The molecule has 21 heavy (non-hydrogen) atoms. The number of aromatic nitrogens is 1. The first-order valence-electron chi connectivity index (χ1n) is 6.41. The molecule has 0 aliphatic rings. The van der Waals surface area contributed by atoms with Crippen molar-refractivity contribution in [3.63, 3.8) is 0 Å². The van der Waals surface area contributed by atoms with E-state index in [-0.39, 0.29) is 11.6 Å². The molecule has 104 valence electrons. The van der Waals surface area contributed by atoms with E-state index in [9.17, 15) is 9.59 Å². The standard InChI is InChI=1S/C16H12N2O3/c1-10(19)17-12-7-8-13-14(9-12)21-16(20)15(18-13)11-5-3-2-4-6-11/h2-9H,1H3,(H,17,19). The Hall–Kier alpha value is -2.95. The number of rotatable bonds is 2. The molecule has 5 nitrogen and oxygen atoms in total. The zero-order chi connectivity index (χ0) is 14.8. The molecule has 0 spiro atoms. The van der Waals surface area contributed by atoms with E-state index in [1.807, 2.05) is 18.2 Å². The van der Waals surface area contributed by atoms with Gasteiger partial charge in [0.05, 0.1) is 0 Å². The third-order valence-corrected chi connectivity index (χ3v) is 2.96. The van der Waals surface area contributed by atoms with Gasteiger partial charge in [0.15, 0.2) is 11.3 Å². The van der Waals surface area contributed by atoms with Gasteiger partial charge in [-0.1, -0.05) is 30.3 Å². The van der Waals surface area contributed by atoms with Gasteiger partial charge in [-0.2, -0.15) is 0 Å². The van der Waals surface area contributed by atoms with Gasteiger partial charge >= 0.3 is 5.63 Å². The lowest BCUT2D eigenvalue weighted by Crippen LogP contribution is -2.08. The van der Waals surface area contributed by atoms with Gasteiger partial charge in [-0.25, -0.2) is 9.78 Å². The second kappa shape index (κ2) is 5.20. The lowest BCUT2D eigenvalue weighted by atomic mass is 10.1. The Balaban J connectivity index is 2.13. The average molecular weight is 280 g/mol. The van der Waals surface area contributed by atoms with Gasteiger partial charge in [-0.15, -0.1) is 0 Å². The van der Waals surface area contributed by atoms with Crippen molar-refractivity contribution < 1.29 is 9.21 Å². The highest BCUT2D eigenvalue weighted by Gasteiger charge is 2.10. The molecular formula is C16H12N2O3. The fraction of sp³-hybridized carbons (Fsp3) is 0.0625. The van der Waals surface area contributed by atoms with Crippen LogP contribution in [0.5, 0.6) is 0 Å². The summed E-state index contributed by atoms with van der Waals surface area (Å²) in [5.74, 6) is -0.189. The fourth-order valence-electron chi connectivity index (χ4n) is 2.06. The number of hydrogen-bond acceptors (Lipinski definition) is 4. The normalized spacial score (nSPS) is 10.5. The molecule has 1 N–H and O–H groups in total. The summed E-state index contributed by atoms with van der Waals surface area (Å²) in [6.45, 7) is 1.41. The van der Waals surface area contributed by atoms with Crippen molar-refractivity contribution in [1.29, 1.82) is 0 Å². The first-order chi connectivity index (χ1) is 10.1. The molecule has 0 fully saturated rings. The molecule has 0 bridgehead atoms. The minimum absolute atomic E-state index is 0.189. The van der Waals surface area contributed by atoms with Crippen LogP contribution >= 0.6 is 0 Å². The lowest BCUT2D eigenvalue weighted by molar-refractivity contribution is -0.114. The van der Waals surface area contributed by atoms with Gasteiger partial charge in [-0.05, 0) is 12.1 Å². The SMILES string of the molecule is CC(=O)Nc1ccc2nc(-c3ccccc3)c(=O)oc2c1. The smallest absolute Gasteiger partial charge is 0.363 e. The van der Waals surface area contributed by atoms with Crippen LogP contribution in [0.4, 0.5) is 5.69 Å². The molecule has 0 aliphatic carbocycles. The Morgan fingerprint density at radius 3 is 2.62 bits per heavy atom. The molecule has 3 rings (SSSR count). The quantitative estimate of drug-likeness (QED) is 0.783. The number of carbonyl (C=O) groups excluding carboxylic acids is 1. The Morgan fingerprint density at radius 1 is 1.14 bits per heavy atom. The van der Waals surface area contributed by atoms with Crippen LogP contribution in [0, 0.1) is 0 Å². The maximum atomic E-state index is 12.1. The number of fused-ring (bicyclic) bond motifs is 1. The molecule has 0 aliphatic heterocycles. The second-order valence-corrected chi connectivity index (χ2v) is 4.58. The summed E-state index contributed by atoms with van der Waals surface area (Å²) in [7, 11) is 0. The van der Waals surface area contributed by atoms with Crippen LogP contribution in [0.1, 0.15) is 6.92 Å². The Morgan fingerprint density at radius 2 is 1.90 bits per heavy atom. The number of benzene rings is 2. The maximum absolute atomic E-state index is 12.1. The summed E-state index contributed by atoms with van der Waals surface area (Å²) >= 11 is 0. The summed E-state index contributed by atoms with van der Waals surface area (Å²) in [6, 6.07) is 14.1. The maximum Gasteiger partial charge on any atom is 0.363 e. The van der Waals surface area contributed by atoms with Crippen molar-refractivity contribution >= 4 is 22.7 Å². The van der Waals surface area contributed by atoms with Crippen molar-refractivity contribution in [2.24, 2.45) is 0 Å². The molecule has 3 aromatic rings. The van der Waals surface area contributed by atoms with E-state index in [1.54, 1.807) is 30.3 Å². The van der Waals surface area contributed by atoms with Gasteiger partial charge in [0.25, 0.3) is 0 Å². The molecule has 0 unspecified atom stereocenters. The van der Waals surface area contributed by atoms with Gasteiger partial charge in [0, 0.05) is 24.2 Å². The van der Waals surface area contributed by atoms with Gasteiger partial charge in [0.1, 0.15) is 5.52 Å². The largest absolute Gasteiger partial charge is 0.419 e. The summed E-state index contributed by atoms with van der Waals surface area (Å²) in [5, 5.41) is 2.63. The third kappa shape index (κ3) is 2.67. The number of carbonyl (C=O) groups is 1. The van der Waals surface area contributed by atoms with Crippen molar-refractivity contribution in [2.75, 3.05) is 5.32 Å². The van der Waals surface area contributed by atoms with Crippen LogP contribution in [0.15, 0.2) is 57.7 Å². The average Bonchev–Trinajstić information content (AvgIpc) is 2.46. The number of amides is 1. The topological polar surface area (TPSA) is 72.2 Å². The molecule has 0 saturated carbocycles. The van der Waals surface area contributed by atoms with E-state index >= 15 is 0 Å². The number of nitrogens with zero attached hydrogens (tertiary/aromatic N) is 1. The van der Waals surface area contributed by atoms with E-state index in [0.717, 1.165) is 0 Å². The zero-order valence-electron chi connectivity index (χ0n) is 11.3. The zero-order valence-corrected chi connectivity index (χ0v) is 11.3. The third-order valence-electron chi connectivity index (χ3n) is 2.96. The van der Waals surface area contributed by atoms with Crippen molar-refractivity contribution in [3.05, 3.63) is 59.0 Å². The van der Waals surface area contributed by atoms with Crippen LogP contribution in [0.3, 0.4) is 0 Å². The molecule has 0 saturated heterocycles. The molecule has 1 amide bonds. The predicted molar refractivity (Wildman–Crippen MR) is 80.0 cm³/mol. The lowest BCUT2D eigenvalue weighted by Gasteiger charge is -2.04. The van der Waals surface area contributed by atoms with E-state index in [1.165, 1.54) is 6.92 Å². The summed E-state index contributed by atoms with van der Waals surface area (Å²) in [5.41, 5.74) is 1.93. The second-order valence-electron chi connectivity index (χ2n) is 4.58. The van der Waals surface area contributed by atoms with Crippen molar-refractivity contribution in [2.45, 2.75) is 6.92 Å². The molecule has 0 radical (unpaired) electrons. The summed E-state index contributed by atoms with van der Waals surface area (Å²) in [4.78, 5) is 27.4. The van der Waals surface area contributed by atoms with Crippen molar-refractivity contribution in [1.82, 2.24) is 4.98 Å². The minimum Gasteiger partial charge on any atom is -0.419 e. The molecule has 5 heteroatoms. The molecule has 0 atom stereocenters. The van der Waals surface area contributed by atoms with Crippen LogP contribution in [0.2, 0.25) is 0 Å². The van der Waals surface area contributed by atoms with Gasteiger partial charge in [-0.3, -0.25) is 4.79 Å². The fourth-order valence-corrected chi connectivity index (χ4v) is 2.06. The van der Waals surface area contributed by atoms with Crippen LogP contribution in [0.25, 0.3) is 22.4 Å². The Labute approximate surface area is 120 Å². The van der Waals surface area contributed by atoms with E-state index in [0.29, 0.717) is 22.4 Å². The molecule has 1 aromatic heterocycles. The highest BCUT2D eigenvalue weighted by molar-refractivity contribution is 5.91. The monoisotopic (exact) mass is 280 g/mol. The van der Waals surface area contributed by atoms with E-state index in [2.05, 4.69) is 10.3 Å². The highest BCUT2D eigenvalue weighted by atomic mass is 16.4. The van der Waals surface area contributed by atoms with Crippen molar-refractivity contribution in [3.8, 4) is 11.3 Å². The van der Waals surface area contributed by atoms with Crippen LogP contribution < -0.4 is 10.9 Å². The first-order valence-corrected chi connectivity index (χ1v) is 6.41. The predicted octanol–water partition coefficient (Wildman–Crippen LogP) is 2.81. The van der Waals surface area contributed by atoms with E-state index in [4.69, 9.17) is 4.42 Å². The van der Waals surface area contributed by atoms with Gasteiger partial charge in [0.2, 0.25) is 5.91 Å². The minimum atomic E-state index is -0.506. The first kappa shape index (κ1) is 13.1. The highest BCUT2D eigenvalue weighted by Crippen LogP contribution is 2.20.